The molecule has 0 heterocycles. The van der Waals surface area contributed by atoms with Gasteiger partial charge >= 0.3 is 5.97 Å². The number of nitrogens with zero attached hydrogens (tertiary/aromatic N) is 2. The molecule has 1 aromatic rings. The molecule has 0 spiro atoms. The summed E-state index contributed by atoms with van der Waals surface area (Å²) in [5.41, 5.74) is 0.666. The van der Waals surface area contributed by atoms with Gasteiger partial charge in [0.2, 0.25) is 0 Å². The molecule has 14 heavy (non-hydrogen) atoms. The monoisotopic (exact) mass is 186 g/mol. The highest BCUT2D eigenvalue weighted by atomic mass is 16.5. The summed E-state index contributed by atoms with van der Waals surface area (Å²) in [5.74, 6) is -0.578. The van der Waals surface area contributed by atoms with Crippen LogP contribution in [0.4, 0.5) is 0 Å². The molecule has 0 fully saturated rings. The SMILES string of the molecule is COC(=O)c1ccc(C#N)cc1C#N. The molecule has 4 nitrogen and oxygen atoms in total. The molecule has 0 N–H and O–H groups in total. The Hall–Kier alpha value is -2.33. The largest absolute Gasteiger partial charge is 0.465 e. The van der Waals surface area contributed by atoms with Crippen molar-refractivity contribution in [1.29, 1.82) is 10.5 Å². The predicted molar refractivity (Wildman–Crippen MR) is 47.2 cm³/mol. The van der Waals surface area contributed by atoms with Gasteiger partial charge in [0.05, 0.1) is 29.9 Å². The summed E-state index contributed by atoms with van der Waals surface area (Å²) in [7, 11) is 1.24. The molecule has 0 unspecified atom stereocenters. The van der Waals surface area contributed by atoms with E-state index in [0.29, 0.717) is 5.56 Å². The van der Waals surface area contributed by atoms with Gasteiger partial charge < -0.3 is 4.74 Å². The average Bonchev–Trinajstić information content (AvgIpc) is 2.27. The summed E-state index contributed by atoms with van der Waals surface area (Å²) in [6.45, 7) is 0. The molecule has 0 amide bonds. The topological polar surface area (TPSA) is 73.9 Å². The van der Waals surface area contributed by atoms with E-state index in [1.165, 1.54) is 25.3 Å². The first-order valence-electron chi connectivity index (χ1n) is 3.75. The number of carbonyl (C=O) groups excluding carboxylic acids is 1. The lowest BCUT2D eigenvalue weighted by Gasteiger charge is -2.00. The van der Waals surface area contributed by atoms with Crippen LogP contribution in [0.15, 0.2) is 18.2 Å². The van der Waals surface area contributed by atoms with Crippen LogP contribution in [0.1, 0.15) is 21.5 Å². The summed E-state index contributed by atoms with van der Waals surface area (Å²) in [6, 6.07) is 7.94. The van der Waals surface area contributed by atoms with Gasteiger partial charge in [0, 0.05) is 0 Å². The summed E-state index contributed by atoms with van der Waals surface area (Å²) >= 11 is 0. The molecule has 0 saturated heterocycles. The number of ether oxygens (including phenoxy) is 1. The summed E-state index contributed by atoms with van der Waals surface area (Å²) in [5, 5.41) is 17.3. The Kier molecular flexibility index (Phi) is 2.83. The third-order valence-electron chi connectivity index (χ3n) is 1.67. The van der Waals surface area contributed by atoms with E-state index in [9.17, 15) is 4.79 Å². The van der Waals surface area contributed by atoms with Crippen molar-refractivity contribution in [2.24, 2.45) is 0 Å². The number of methoxy groups -OCH3 is 1. The lowest BCUT2D eigenvalue weighted by Crippen LogP contribution is -2.04. The van der Waals surface area contributed by atoms with Crippen molar-refractivity contribution in [3.05, 3.63) is 34.9 Å². The van der Waals surface area contributed by atoms with Crippen molar-refractivity contribution >= 4 is 5.97 Å². The molecule has 0 aliphatic carbocycles. The third kappa shape index (κ3) is 1.70. The molecule has 1 rings (SSSR count). The fourth-order valence-electron chi connectivity index (χ4n) is 0.994. The van der Waals surface area contributed by atoms with Crippen LogP contribution in [0.25, 0.3) is 0 Å². The fourth-order valence-corrected chi connectivity index (χ4v) is 0.994. The average molecular weight is 186 g/mol. The maximum absolute atomic E-state index is 11.1. The van der Waals surface area contributed by atoms with Gasteiger partial charge in [0.15, 0.2) is 0 Å². The second-order valence-corrected chi connectivity index (χ2v) is 2.48. The van der Waals surface area contributed by atoms with Gasteiger partial charge in [-0.2, -0.15) is 10.5 Å². The number of benzene rings is 1. The van der Waals surface area contributed by atoms with E-state index in [-0.39, 0.29) is 11.1 Å². The summed E-state index contributed by atoms with van der Waals surface area (Å²) in [6.07, 6.45) is 0. The molecule has 0 aliphatic heterocycles. The Bertz CT molecular complexity index is 452. The van der Waals surface area contributed by atoms with Crippen LogP contribution in [-0.4, -0.2) is 13.1 Å². The lowest BCUT2D eigenvalue weighted by molar-refractivity contribution is 0.0600. The Morgan fingerprint density at radius 1 is 1.36 bits per heavy atom. The minimum absolute atomic E-state index is 0.149. The standard InChI is InChI=1S/C10H6N2O2/c1-14-10(13)9-3-2-7(5-11)4-8(9)6-12/h2-4H,1H3. The van der Waals surface area contributed by atoms with Crippen molar-refractivity contribution in [3.63, 3.8) is 0 Å². The number of esters is 1. The molecule has 1 aromatic carbocycles. The van der Waals surface area contributed by atoms with E-state index in [0.717, 1.165) is 0 Å². The molecule has 0 bridgehead atoms. The highest BCUT2D eigenvalue weighted by molar-refractivity contribution is 5.92. The molecule has 0 radical (unpaired) electrons. The molecule has 0 aliphatic rings. The van der Waals surface area contributed by atoms with Gasteiger partial charge in [-0.1, -0.05) is 0 Å². The van der Waals surface area contributed by atoms with Crippen LogP contribution in [0.2, 0.25) is 0 Å². The van der Waals surface area contributed by atoms with E-state index in [1.54, 1.807) is 0 Å². The smallest absolute Gasteiger partial charge is 0.339 e. The number of carbonyl (C=O) groups is 1. The number of hydrogen-bond donors (Lipinski definition) is 0. The maximum Gasteiger partial charge on any atom is 0.339 e. The Balaban J connectivity index is 3.29. The van der Waals surface area contributed by atoms with Gasteiger partial charge in [-0.3, -0.25) is 0 Å². The predicted octanol–water partition coefficient (Wildman–Crippen LogP) is 1.22. The maximum atomic E-state index is 11.1. The van der Waals surface area contributed by atoms with E-state index in [4.69, 9.17) is 10.5 Å². The van der Waals surface area contributed by atoms with Crippen molar-refractivity contribution in [3.8, 4) is 12.1 Å². The lowest BCUT2D eigenvalue weighted by atomic mass is 10.1. The third-order valence-corrected chi connectivity index (χ3v) is 1.67. The van der Waals surface area contributed by atoms with Gasteiger partial charge in [-0.25, -0.2) is 4.79 Å². The zero-order chi connectivity index (χ0) is 10.6. The van der Waals surface area contributed by atoms with Gasteiger partial charge in [-0.15, -0.1) is 0 Å². The van der Waals surface area contributed by atoms with Crippen molar-refractivity contribution < 1.29 is 9.53 Å². The minimum atomic E-state index is -0.578. The minimum Gasteiger partial charge on any atom is -0.465 e. The summed E-state index contributed by atoms with van der Waals surface area (Å²) < 4.78 is 4.48. The van der Waals surface area contributed by atoms with Crippen molar-refractivity contribution in [2.75, 3.05) is 7.11 Å². The first kappa shape index (κ1) is 9.76. The Morgan fingerprint density at radius 3 is 2.57 bits per heavy atom. The van der Waals surface area contributed by atoms with Crippen LogP contribution in [0.5, 0.6) is 0 Å². The van der Waals surface area contributed by atoms with Crippen LogP contribution in [-0.2, 0) is 4.74 Å². The second kappa shape index (κ2) is 4.06. The summed E-state index contributed by atoms with van der Waals surface area (Å²) in [4.78, 5) is 11.1. The highest BCUT2D eigenvalue weighted by Crippen LogP contribution is 2.11. The number of rotatable bonds is 1. The van der Waals surface area contributed by atoms with Gasteiger partial charge in [0.25, 0.3) is 0 Å². The van der Waals surface area contributed by atoms with Crippen LogP contribution in [0.3, 0.4) is 0 Å². The molecular weight excluding hydrogens is 180 g/mol. The van der Waals surface area contributed by atoms with E-state index in [2.05, 4.69) is 4.74 Å². The molecular formula is C10H6N2O2. The molecule has 0 saturated carbocycles. The first-order chi connectivity index (χ1) is 6.72. The number of hydrogen-bond acceptors (Lipinski definition) is 4. The zero-order valence-corrected chi connectivity index (χ0v) is 7.44. The highest BCUT2D eigenvalue weighted by Gasteiger charge is 2.11. The van der Waals surface area contributed by atoms with Crippen molar-refractivity contribution in [1.82, 2.24) is 0 Å². The Labute approximate surface area is 81.0 Å². The van der Waals surface area contributed by atoms with E-state index >= 15 is 0 Å². The van der Waals surface area contributed by atoms with Crippen LogP contribution < -0.4 is 0 Å². The quantitative estimate of drug-likeness (QED) is 0.618. The molecule has 68 valence electrons. The molecule has 0 atom stereocenters. The fraction of sp³-hybridized carbons (Fsp3) is 0.100. The molecule has 4 heteroatoms. The molecule has 0 aromatic heterocycles. The van der Waals surface area contributed by atoms with Crippen LogP contribution >= 0.6 is 0 Å². The van der Waals surface area contributed by atoms with Crippen LogP contribution in [0, 0.1) is 22.7 Å². The van der Waals surface area contributed by atoms with E-state index < -0.39 is 5.97 Å². The number of nitriles is 2. The Morgan fingerprint density at radius 2 is 2.07 bits per heavy atom. The van der Waals surface area contributed by atoms with Gasteiger partial charge in [0.1, 0.15) is 6.07 Å². The van der Waals surface area contributed by atoms with E-state index in [1.807, 2.05) is 12.1 Å². The van der Waals surface area contributed by atoms with Gasteiger partial charge in [-0.05, 0) is 18.2 Å². The normalized spacial score (nSPS) is 8.50. The first-order valence-corrected chi connectivity index (χ1v) is 3.75. The second-order valence-electron chi connectivity index (χ2n) is 2.48. The zero-order valence-electron chi connectivity index (χ0n) is 7.44. The van der Waals surface area contributed by atoms with Crippen molar-refractivity contribution in [2.45, 2.75) is 0 Å².